The molecule has 0 radical (unpaired) electrons. The maximum absolute atomic E-state index is 5.36. The molecule has 0 aromatic rings. The van der Waals surface area contributed by atoms with Crippen LogP contribution >= 0.6 is 36.1 Å². The molecule has 0 saturated carbocycles. The third-order valence-electron chi connectivity index (χ3n) is 2.00. The van der Waals surface area contributed by atoms with Crippen LogP contribution in [0.4, 0.5) is 0 Å². The van der Waals surface area contributed by atoms with Gasteiger partial charge >= 0.3 is 0 Å². The van der Waals surface area contributed by atoms with Crippen molar-refractivity contribution in [1.29, 1.82) is 0 Å². The lowest BCUT2D eigenvalue weighted by atomic mass is 10.4. The van der Waals surface area contributed by atoms with Crippen LogP contribution in [0.5, 0.6) is 0 Å². The van der Waals surface area contributed by atoms with Crippen LogP contribution in [-0.4, -0.2) is 59.0 Å². The number of ether oxygens (including phenoxy) is 1. The van der Waals surface area contributed by atoms with E-state index in [0.717, 1.165) is 37.8 Å². The SMILES string of the molecule is CSN(SC)C(=S)CN1CCOCC1. The maximum Gasteiger partial charge on any atom is 0.113 e. The monoisotopic (exact) mass is 252 g/mol. The van der Waals surface area contributed by atoms with Gasteiger partial charge in [0, 0.05) is 25.6 Å². The molecular weight excluding hydrogens is 236 g/mol. The van der Waals surface area contributed by atoms with Gasteiger partial charge in [-0.3, -0.25) is 8.61 Å². The van der Waals surface area contributed by atoms with E-state index in [1.165, 1.54) is 0 Å². The fourth-order valence-electron chi connectivity index (χ4n) is 1.29. The van der Waals surface area contributed by atoms with Crippen LogP contribution in [0.25, 0.3) is 0 Å². The first-order valence-electron chi connectivity index (χ1n) is 4.49. The van der Waals surface area contributed by atoms with E-state index in [9.17, 15) is 0 Å². The third kappa shape index (κ3) is 3.94. The second-order valence-electron chi connectivity index (χ2n) is 2.90. The summed E-state index contributed by atoms with van der Waals surface area (Å²) in [6, 6.07) is 0. The number of hydrogen-bond donors (Lipinski definition) is 0. The van der Waals surface area contributed by atoms with Crippen molar-refractivity contribution in [2.45, 2.75) is 0 Å². The van der Waals surface area contributed by atoms with Crippen LogP contribution in [0, 0.1) is 0 Å². The van der Waals surface area contributed by atoms with Crippen LogP contribution in [0.1, 0.15) is 0 Å². The first-order valence-corrected chi connectivity index (χ1v) is 7.26. The lowest BCUT2D eigenvalue weighted by Gasteiger charge is -2.29. The number of morpholine rings is 1. The van der Waals surface area contributed by atoms with Gasteiger partial charge in [0.05, 0.1) is 19.8 Å². The number of rotatable bonds is 4. The standard InChI is InChI=1S/C8H16N2OS3/c1-13-10(14-2)8(12)7-9-3-5-11-6-4-9/h3-7H2,1-2H3. The number of nitrogens with zero attached hydrogens (tertiary/aromatic N) is 2. The second-order valence-corrected chi connectivity index (χ2v) is 5.07. The molecule has 3 nitrogen and oxygen atoms in total. The van der Waals surface area contributed by atoms with Gasteiger partial charge in [-0.2, -0.15) is 0 Å². The predicted octanol–water partition coefficient (Wildman–Crippen LogP) is 1.50. The van der Waals surface area contributed by atoms with Gasteiger partial charge in [-0.05, 0) is 23.9 Å². The molecule has 0 aliphatic carbocycles. The summed E-state index contributed by atoms with van der Waals surface area (Å²) >= 11 is 8.68. The highest BCUT2D eigenvalue weighted by molar-refractivity contribution is 8.13. The molecule has 0 atom stereocenters. The van der Waals surface area contributed by atoms with Gasteiger partial charge in [-0.15, -0.1) is 0 Å². The zero-order chi connectivity index (χ0) is 10.4. The summed E-state index contributed by atoms with van der Waals surface area (Å²) in [7, 11) is 0. The summed E-state index contributed by atoms with van der Waals surface area (Å²) in [5, 5.41) is 0. The van der Waals surface area contributed by atoms with Crippen LogP contribution in [0.2, 0.25) is 0 Å². The first kappa shape index (κ1) is 12.6. The summed E-state index contributed by atoms with van der Waals surface area (Å²) in [5.41, 5.74) is 0. The largest absolute Gasteiger partial charge is 0.379 e. The van der Waals surface area contributed by atoms with Gasteiger partial charge in [-0.1, -0.05) is 12.2 Å². The van der Waals surface area contributed by atoms with E-state index >= 15 is 0 Å². The summed E-state index contributed by atoms with van der Waals surface area (Å²) in [6.45, 7) is 4.54. The summed E-state index contributed by atoms with van der Waals surface area (Å²) < 4.78 is 7.36. The minimum atomic E-state index is 0.834. The van der Waals surface area contributed by atoms with Gasteiger partial charge in [0.1, 0.15) is 4.99 Å². The minimum Gasteiger partial charge on any atom is -0.379 e. The molecule has 82 valence electrons. The average molecular weight is 252 g/mol. The van der Waals surface area contributed by atoms with E-state index in [1.54, 1.807) is 23.9 Å². The van der Waals surface area contributed by atoms with Crippen molar-refractivity contribution in [2.75, 3.05) is 45.4 Å². The molecule has 0 bridgehead atoms. The maximum atomic E-state index is 5.36. The van der Waals surface area contributed by atoms with Crippen LogP contribution < -0.4 is 0 Å². The highest BCUT2D eigenvalue weighted by Crippen LogP contribution is 2.18. The Morgan fingerprint density at radius 3 is 2.43 bits per heavy atom. The lowest BCUT2D eigenvalue weighted by molar-refractivity contribution is 0.0451. The van der Waals surface area contributed by atoms with Crippen molar-refractivity contribution in [3.05, 3.63) is 0 Å². The number of thiocarbonyl (C=S) groups is 1. The molecule has 0 N–H and O–H groups in total. The minimum absolute atomic E-state index is 0.834. The molecule has 1 aliphatic heterocycles. The Labute approximate surface area is 99.8 Å². The molecule has 0 spiro atoms. The third-order valence-corrected chi connectivity index (χ3v) is 4.54. The predicted molar refractivity (Wildman–Crippen MR) is 68.7 cm³/mol. The number of hydrogen-bond acceptors (Lipinski definition) is 5. The molecule has 0 aromatic heterocycles. The molecule has 1 heterocycles. The van der Waals surface area contributed by atoms with Crippen LogP contribution in [0.15, 0.2) is 0 Å². The molecule has 1 fully saturated rings. The molecule has 14 heavy (non-hydrogen) atoms. The zero-order valence-electron chi connectivity index (χ0n) is 8.56. The average Bonchev–Trinajstić information content (AvgIpc) is 2.21. The fourth-order valence-corrected chi connectivity index (χ4v) is 3.04. The molecule has 0 aromatic carbocycles. The quantitative estimate of drug-likeness (QED) is 0.553. The molecule has 6 heteroatoms. The molecular formula is C8H16N2OS3. The summed E-state index contributed by atoms with van der Waals surface area (Å²) in [5.74, 6) is 0. The molecule has 1 aliphatic rings. The first-order chi connectivity index (χ1) is 6.77. The van der Waals surface area contributed by atoms with Crippen LogP contribution in [-0.2, 0) is 4.74 Å². The zero-order valence-corrected chi connectivity index (χ0v) is 11.0. The Morgan fingerprint density at radius 1 is 1.36 bits per heavy atom. The van der Waals surface area contributed by atoms with Gasteiger partial charge in [0.25, 0.3) is 0 Å². The smallest absolute Gasteiger partial charge is 0.113 e. The molecule has 0 unspecified atom stereocenters. The van der Waals surface area contributed by atoms with Gasteiger partial charge in [0.2, 0.25) is 0 Å². The topological polar surface area (TPSA) is 15.7 Å². The molecule has 1 rings (SSSR count). The Hall–Kier alpha value is 0.510. The van der Waals surface area contributed by atoms with Crippen molar-refractivity contribution < 1.29 is 4.74 Å². The van der Waals surface area contributed by atoms with Gasteiger partial charge < -0.3 is 4.74 Å². The highest BCUT2D eigenvalue weighted by Gasteiger charge is 2.15. The van der Waals surface area contributed by atoms with E-state index in [4.69, 9.17) is 17.0 Å². The van der Waals surface area contributed by atoms with E-state index in [-0.39, 0.29) is 0 Å². The van der Waals surface area contributed by atoms with Gasteiger partial charge in [0.15, 0.2) is 0 Å². The fraction of sp³-hybridized carbons (Fsp3) is 0.875. The molecule has 1 saturated heterocycles. The summed E-state index contributed by atoms with van der Waals surface area (Å²) in [6.07, 6.45) is 4.09. The van der Waals surface area contributed by atoms with E-state index in [0.29, 0.717) is 0 Å². The Kier molecular flexibility index (Phi) is 6.20. The van der Waals surface area contributed by atoms with Crippen molar-refractivity contribution in [3.63, 3.8) is 0 Å². The summed E-state index contributed by atoms with van der Waals surface area (Å²) in [4.78, 5) is 3.33. The Bertz CT molecular complexity index is 181. The Balaban J connectivity index is 2.30. The van der Waals surface area contributed by atoms with Crippen molar-refractivity contribution in [2.24, 2.45) is 0 Å². The lowest BCUT2D eigenvalue weighted by Crippen LogP contribution is -2.41. The van der Waals surface area contributed by atoms with E-state index in [1.807, 2.05) is 12.5 Å². The highest BCUT2D eigenvalue weighted by atomic mass is 32.2. The van der Waals surface area contributed by atoms with Crippen molar-refractivity contribution >= 4 is 41.1 Å². The van der Waals surface area contributed by atoms with Crippen molar-refractivity contribution in [1.82, 2.24) is 8.61 Å². The van der Waals surface area contributed by atoms with Crippen LogP contribution in [0.3, 0.4) is 0 Å². The molecule has 0 amide bonds. The van der Waals surface area contributed by atoms with E-state index < -0.39 is 0 Å². The second kappa shape index (κ2) is 6.90. The Morgan fingerprint density at radius 2 is 1.93 bits per heavy atom. The van der Waals surface area contributed by atoms with Gasteiger partial charge in [-0.25, -0.2) is 0 Å². The van der Waals surface area contributed by atoms with E-state index in [2.05, 4.69) is 8.61 Å². The normalized spacial score (nSPS) is 18.1. The van der Waals surface area contributed by atoms with Crippen molar-refractivity contribution in [3.8, 4) is 0 Å².